The van der Waals surface area contributed by atoms with E-state index in [4.69, 9.17) is 5.11 Å². The fourth-order valence-corrected chi connectivity index (χ4v) is 3.80. The highest BCUT2D eigenvalue weighted by atomic mass is 16.4. The van der Waals surface area contributed by atoms with Crippen molar-refractivity contribution in [1.82, 2.24) is 14.5 Å². The normalized spacial score (nSPS) is 15.4. The summed E-state index contributed by atoms with van der Waals surface area (Å²) >= 11 is 0. The van der Waals surface area contributed by atoms with Gasteiger partial charge in [0.25, 0.3) is 0 Å². The first-order valence-corrected chi connectivity index (χ1v) is 8.97. The third-order valence-corrected chi connectivity index (χ3v) is 5.13. The predicted octanol–water partition coefficient (Wildman–Crippen LogP) is 1.66. The Hall–Kier alpha value is -3.55. The molecular weight excluding hydrogens is 360 g/mol. The van der Waals surface area contributed by atoms with Gasteiger partial charge in [0.15, 0.2) is 0 Å². The van der Waals surface area contributed by atoms with Gasteiger partial charge in [-0.15, -0.1) is 0 Å². The summed E-state index contributed by atoms with van der Waals surface area (Å²) in [6.07, 6.45) is -0.613. The van der Waals surface area contributed by atoms with Crippen molar-refractivity contribution >= 4 is 28.7 Å². The Morgan fingerprint density at radius 1 is 1.18 bits per heavy atom. The number of carbonyl (C=O) groups is 2. The van der Waals surface area contributed by atoms with Crippen LogP contribution >= 0.6 is 0 Å². The Morgan fingerprint density at radius 2 is 1.93 bits per heavy atom. The second-order valence-corrected chi connectivity index (χ2v) is 6.90. The number of imidazole rings is 1. The number of anilines is 1. The lowest BCUT2D eigenvalue weighted by Crippen LogP contribution is -2.43. The first-order chi connectivity index (χ1) is 13.5. The number of aromatic nitrogens is 2. The maximum Gasteiger partial charge on any atom is 0.404 e. The van der Waals surface area contributed by atoms with E-state index in [0.717, 1.165) is 16.8 Å². The Labute approximate surface area is 160 Å². The van der Waals surface area contributed by atoms with Crippen molar-refractivity contribution < 1.29 is 14.7 Å². The highest BCUT2D eigenvalue weighted by molar-refractivity contribution is 5.93. The molecule has 2 N–H and O–H groups in total. The van der Waals surface area contributed by atoms with Crippen molar-refractivity contribution in [3.8, 4) is 0 Å². The topological polar surface area (TPSA) is 96.6 Å². The number of benzene rings is 2. The van der Waals surface area contributed by atoms with Crippen LogP contribution in [0.25, 0.3) is 11.0 Å². The zero-order valence-corrected chi connectivity index (χ0v) is 15.3. The second kappa shape index (κ2) is 6.88. The maximum absolute atomic E-state index is 13.0. The largest absolute Gasteiger partial charge is 0.465 e. The van der Waals surface area contributed by atoms with Gasteiger partial charge in [0.2, 0.25) is 5.91 Å². The van der Waals surface area contributed by atoms with Gasteiger partial charge in [0.1, 0.15) is 6.54 Å². The van der Waals surface area contributed by atoms with Crippen molar-refractivity contribution in [2.75, 3.05) is 11.9 Å². The van der Waals surface area contributed by atoms with Crippen molar-refractivity contribution in [2.24, 2.45) is 0 Å². The maximum atomic E-state index is 13.0. The number of carbonyl (C=O) groups excluding carboxylic acids is 1. The van der Waals surface area contributed by atoms with Crippen LogP contribution in [0.1, 0.15) is 5.56 Å². The number of hydrogen-bond donors (Lipinski definition) is 2. The van der Waals surface area contributed by atoms with Gasteiger partial charge in [0, 0.05) is 19.3 Å². The lowest BCUT2D eigenvalue weighted by molar-refractivity contribution is -0.118. The summed E-state index contributed by atoms with van der Waals surface area (Å²) in [5, 5.41) is 11.5. The minimum atomic E-state index is -1.12. The summed E-state index contributed by atoms with van der Waals surface area (Å²) < 4.78 is 3.02. The van der Waals surface area contributed by atoms with E-state index in [9.17, 15) is 14.4 Å². The van der Waals surface area contributed by atoms with Crippen molar-refractivity contribution in [3.05, 3.63) is 64.6 Å². The van der Waals surface area contributed by atoms with Gasteiger partial charge < -0.3 is 15.3 Å². The lowest BCUT2D eigenvalue weighted by Gasteiger charge is -2.23. The molecule has 1 aromatic heterocycles. The summed E-state index contributed by atoms with van der Waals surface area (Å²) in [5.74, 6) is -0.211. The highest BCUT2D eigenvalue weighted by Gasteiger charge is 2.27. The molecule has 0 aliphatic carbocycles. The van der Waals surface area contributed by atoms with Crippen LogP contribution in [0.3, 0.4) is 0 Å². The van der Waals surface area contributed by atoms with Crippen LogP contribution in [0, 0.1) is 0 Å². The van der Waals surface area contributed by atoms with Gasteiger partial charge in [-0.25, -0.2) is 9.59 Å². The zero-order chi connectivity index (χ0) is 19.8. The molecule has 0 spiro atoms. The van der Waals surface area contributed by atoms with E-state index < -0.39 is 6.09 Å². The number of para-hydroxylation sites is 2. The van der Waals surface area contributed by atoms with Crippen LogP contribution < -0.4 is 15.9 Å². The van der Waals surface area contributed by atoms with Gasteiger partial charge in [-0.05, 0) is 30.2 Å². The molecule has 28 heavy (non-hydrogen) atoms. The fourth-order valence-electron chi connectivity index (χ4n) is 3.80. The van der Waals surface area contributed by atoms with Crippen LogP contribution in [0.5, 0.6) is 0 Å². The van der Waals surface area contributed by atoms with E-state index in [-0.39, 0.29) is 30.7 Å². The Bertz CT molecular complexity index is 1120. The molecule has 1 atom stereocenters. The van der Waals surface area contributed by atoms with E-state index in [1.54, 1.807) is 11.6 Å². The standard InChI is InChI=1S/C20H20N4O4/c1-22(15-7-3-2-4-8-15)17(25)12-23-16-9-5-6-13-10-14(21-19(26)27)11-24(18(13)16)20(23)28/h2-9,14,21H,10-12H2,1H3,(H,26,27). The van der Waals surface area contributed by atoms with Crippen molar-refractivity contribution in [2.45, 2.75) is 25.6 Å². The van der Waals surface area contributed by atoms with Crippen molar-refractivity contribution in [1.29, 1.82) is 0 Å². The number of nitrogens with zero attached hydrogens (tertiary/aromatic N) is 3. The van der Waals surface area contributed by atoms with Gasteiger partial charge >= 0.3 is 11.8 Å². The number of hydrogen-bond acceptors (Lipinski definition) is 3. The minimum Gasteiger partial charge on any atom is -0.465 e. The summed E-state index contributed by atoms with van der Waals surface area (Å²) in [4.78, 5) is 38.3. The van der Waals surface area contributed by atoms with Gasteiger partial charge in [-0.1, -0.05) is 30.3 Å². The number of likely N-dealkylation sites (N-methyl/N-ethyl adjacent to an activating group) is 1. The fraction of sp³-hybridized carbons (Fsp3) is 0.250. The van der Waals surface area contributed by atoms with Gasteiger partial charge in [0.05, 0.1) is 17.1 Å². The molecule has 1 aliphatic rings. The molecule has 1 unspecified atom stereocenters. The highest BCUT2D eigenvalue weighted by Crippen LogP contribution is 2.24. The monoisotopic (exact) mass is 380 g/mol. The smallest absolute Gasteiger partial charge is 0.404 e. The number of nitrogens with one attached hydrogen (secondary N) is 1. The zero-order valence-electron chi connectivity index (χ0n) is 15.3. The minimum absolute atomic E-state index is 0.0891. The first-order valence-electron chi connectivity index (χ1n) is 8.97. The van der Waals surface area contributed by atoms with Crippen LogP contribution in [-0.2, 0) is 24.3 Å². The summed E-state index contributed by atoms with van der Waals surface area (Å²) in [7, 11) is 1.68. The Morgan fingerprint density at radius 3 is 2.64 bits per heavy atom. The Kier molecular flexibility index (Phi) is 4.38. The molecular formula is C20H20N4O4. The van der Waals surface area contributed by atoms with Crippen LogP contribution in [0.4, 0.5) is 10.5 Å². The average Bonchev–Trinajstić information content (AvgIpc) is 2.95. The number of amides is 2. The molecule has 0 saturated heterocycles. The molecule has 0 saturated carbocycles. The van der Waals surface area contributed by atoms with Gasteiger partial charge in [-0.2, -0.15) is 0 Å². The molecule has 8 nitrogen and oxygen atoms in total. The molecule has 8 heteroatoms. The average molecular weight is 380 g/mol. The van der Waals surface area contributed by atoms with Crippen LogP contribution in [0.15, 0.2) is 53.3 Å². The molecule has 3 aromatic rings. The molecule has 2 aromatic carbocycles. The predicted molar refractivity (Wildman–Crippen MR) is 105 cm³/mol. The molecule has 4 rings (SSSR count). The van der Waals surface area contributed by atoms with Crippen molar-refractivity contribution in [3.63, 3.8) is 0 Å². The third kappa shape index (κ3) is 3.02. The summed E-state index contributed by atoms with van der Waals surface area (Å²) in [6, 6.07) is 14.4. The number of rotatable bonds is 4. The first kappa shape index (κ1) is 17.8. The molecule has 1 aliphatic heterocycles. The van der Waals surface area contributed by atoms with Gasteiger partial charge in [-0.3, -0.25) is 13.9 Å². The second-order valence-electron chi connectivity index (χ2n) is 6.90. The SMILES string of the molecule is CN(C(=O)Cn1c(=O)n2c3c(cccc31)CC(NC(=O)O)C2)c1ccccc1. The molecule has 0 bridgehead atoms. The van der Waals surface area contributed by atoms with E-state index in [0.29, 0.717) is 11.9 Å². The van der Waals surface area contributed by atoms with E-state index in [1.165, 1.54) is 9.47 Å². The molecule has 2 heterocycles. The van der Waals surface area contributed by atoms with E-state index in [1.807, 2.05) is 48.5 Å². The quantitative estimate of drug-likeness (QED) is 0.719. The summed E-state index contributed by atoms with van der Waals surface area (Å²) in [5.41, 5.74) is 2.79. The molecule has 0 radical (unpaired) electrons. The molecule has 144 valence electrons. The third-order valence-electron chi connectivity index (χ3n) is 5.13. The summed E-state index contributed by atoms with van der Waals surface area (Å²) in [6.45, 7) is 0.155. The lowest BCUT2D eigenvalue weighted by atomic mass is 10.0. The molecule has 2 amide bonds. The van der Waals surface area contributed by atoms with E-state index >= 15 is 0 Å². The molecule has 0 fully saturated rings. The Balaban J connectivity index is 1.70. The van der Waals surface area contributed by atoms with Crippen LogP contribution in [0.2, 0.25) is 0 Å². The van der Waals surface area contributed by atoms with E-state index in [2.05, 4.69) is 5.32 Å². The van der Waals surface area contributed by atoms with Crippen LogP contribution in [-0.4, -0.2) is 39.3 Å². The number of carboxylic acid groups (broad SMARTS) is 1.